The third kappa shape index (κ3) is 2.30. The van der Waals surface area contributed by atoms with Crippen molar-refractivity contribution in [2.24, 2.45) is 5.90 Å². The van der Waals surface area contributed by atoms with E-state index in [-0.39, 0.29) is 12.2 Å². The topological polar surface area (TPSA) is 35.2 Å². The summed E-state index contributed by atoms with van der Waals surface area (Å²) in [7, 11) is 0. The maximum absolute atomic E-state index is 13.4. The van der Waals surface area contributed by atoms with Gasteiger partial charge in [0.05, 0.1) is 6.61 Å². The minimum Gasteiger partial charge on any atom is -0.304 e. The molecular weight excluding hydrogens is 207 g/mol. The van der Waals surface area contributed by atoms with Gasteiger partial charge in [-0.1, -0.05) is 19.9 Å². The molecule has 0 amide bonds. The molecule has 0 bridgehead atoms. The van der Waals surface area contributed by atoms with Gasteiger partial charge in [0.15, 0.2) is 17.5 Å². The Morgan fingerprint density at radius 1 is 1.20 bits per heavy atom. The normalized spacial score (nSPS) is 11.9. The lowest BCUT2D eigenvalue weighted by atomic mass is 9.85. The largest absolute Gasteiger partial charge is 0.304 e. The van der Waals surface area contributed by atoms with Crippen LogP contribution in [0.3, 0.4) is 0 Å². The van der Waals surface area contributed by atoms with Crippen LogP contribution in [0.1, 0.15) is 19.4 Å². The predicted molar refractivity (Wildman–Crippen MR) is 49.5 cm³/mol. The molecule has 0 fully saturated rings. The van der Waals surface area contributed by atoms with Crippen LogP contribution in [0.15, 0.2) is 12.1 Å². The zero-order chi connectivity index (χ0) is 11.6. The molecule has 1 aromatic carbocycles. The van der Waals surface area contributed by atoms with Crippen molar-refractivity contribution in [3.63, 3.8) is 0 Å². The Kier molecular flexibility index (Phi) is 3.36. The Bertz CT molecular complexity index is 366. The molecule has 0 aliphatic rings. The van der Waals surface area contributed by atoms with Gasteiger partial charge < -0.3 is 4.84 Å². The molecule has 1 rings (SSSR count). The zero-order valence-corrected chi connectivity index (χ0v) is 8.48. The number of hydrogen-bond acceptors (Lipinski definition) is 2. The molecule has 0 aromatic heterocycles. The van der Waals surface area contributed by atoms with E-state index in [1.54, 1.807) is 13.8 Å². The second-order valence-electron chi connectivity index (χ2n) is 3.92. The van der Waals surface area contributed by atoms with Gasteiger partial charge in [0.1, 0.15) is 0 Å². The average molecular weight is 219 g/mol. The van der Waals surface area contributed by atoms with Gasteiger partial charge in [-0.15, -0.1) is 0 Å². The van der Waals surface area contributed by atoms with Crippen LogP contribution < -0.4 is 5.90 Å². The molecule has 2 N–H and O–H groups in total. The Balaban J connectivity index is 3.21. The second-order valence-corrected chi connectivity index (χ2v) is 3.92. The molecule has 0 aliphatic carbocycles. The van der Waals surface area contributed by atoms with E-state index < -0.39 is 22.9 Å². The molecule has 5 heteroatoms. The molecule has 0 unspecified atom stereocenters. The molecule has 0 heterocycles. The summed E-state index contributed by atoms with van der Waals surface area (Å²) in [6.07, 6.45) is 0. The highest BCUT2D eigenvalue weighted by molar-refractivity contribution is 5.27. The number of hydrogen-bond donors (Lipinski definition) is 1. The van der Waals surface area contributed by atoms with Crippen molar-refractivity contribution in [2.75, 3.05) is 6.61 Å². The highest BCUT2D eigenvalue weighted by Crippen LogP contribution is 2.28. The first-order chi connectivity index (χ1) is 6.90. The third-order valence-electron chi connectivity index (χ3n) is 2.21. The van der Waals surface area contributed by atoms with Crippen molar-refractivity contribution in [1.29, 1.82) is 0 Å². The van der Waals surface area contributed by atoms with E-state index in [4.69, 9.17) is 5.90 Å². The van der Waals surface area contributed by atoms with Crippen LogP contribution in [0.4, 0.5) is 13.2 Å². The first-order valence-corrected chi connectivity index (χ1v) is 4.36. The SMILES string of the molecule is CC(C)(CON)c1ccc(F)c(F)c1F. The van der Waals surface area contributed by atoms with Crippen molar-refractivity contribution in [2.45, 2.75) is 19.3 Å². The molecule has 0 atom stereocenters. The van der Waals surface area contributed by atoms with Crippen molar-refractivity contribution in [1.82, 2.24) is 0 Å². The maximum atomic E-state index is 13.4. The summed E-state index contributed by atoms with van der Waals surface area (Å²) >= 11 is 0. The van der Waals surface area contributed by atoms with Crippen LogP contribution in [0.5, 0.6) is 0 Å². The summed E-state index contributed by atoms with van der Waals surface area (Å²) in [6, 6.07) is 2.07. The Morgan fingerprint density at radius 2 is 1.80 bits per heavy atom. The average Bonchev–Trinajstić information content (AvgIpc) is 2.13. The lowest BCUT2D eigenvalue weighted by Gasteiger charge is -2.24. The van der Waals surface area contributed by atoms with Gasteiger partial charge in [-0.05, 0) is 11.6 Å². The standard InChI is InChI=1S/C10H12F3NO/c1-10(2,5-15-14)6-3-4-7(11)9(13)8(6)12/h3-4H,5,14H2,1-2H3. The van der Waals surface area contributed by atoms with Crippen molar-refractivity contribution < 1.29 is 18.0 Å². The monoisotopic (exact) mass is 219 g/mol. The molecule has 84 valence electrons. The number of halogens is 3. The summed E-state index contributed by atoms with van der Waals surface area (Å²) in [5.41, 5.74) is -0.778. The quantitative estimate of drug-likeness (QED) is 0.625. The van der Waals surface area contributed by atoms with E-state index >= 15 is 0 Å². The highest BCUT2D eigenvalue weighted by Gasteiger charge is 2.27. The van der Waals surface area contributed by atoms with Gasteiger partial charge in [0, 0.05) is 5.41 Å². The number of benzene rings is 1. The highest BCUT2D eigenvalue weighted by atomic mass is 19.2. The van der Waals surface area contributed by atoms with Gasteiger partial charge in [-0.25, -0.2) is 19.1 Å². The van der Waals surface area contributed by atoms with Crippen LogP contribution in [0.25, 0.3) is 0 Å². The molecular formula is C10H12F3NO. The van der Waals surface area contributed by atoms with Gasteiger partial charge >= 0.3 is 0 Å². The van der Waals surface area contributed by atoms with Crippen LogP contribution in [0, 0.1) is 17.5 Å². The number of rotatable bonds is 3. The predicted octanol–water partition coefficient (Wildman–Crippen LogP) is 2.27. The molecule has 2 nitrogen and oxygen atoms in total. The summed E-state index contributed by atoms with van der Waals surface area (Å²) in [5.74, 6) is 1.00. The maximum Gasteiger partial charge on any atom is 0.194 e. The lowest BCUT2D eigenvalue weighted by molar-refractivity contribution is 0.0947. The van der Waals surface area contributed by atoms with E-state index in [9.17, 15) is 13.2 Å². The fourth-order valence-corrected chi connectivity index (χ4v) is 1.33. The third-order valence-corrected chi connectivity index (χ3v) is 2.21. The molecule has 0 spiro atoms. The fraction of sp³-hybridized carbons (Fsp3) is 0.400. The molecule has 0 radical (unpaired) electrons. The Hall–Kier alpha value is -1.07. The molecule has 1 aromatic rings. The second kappa shape index (κ2) is 4.20. The van der Waals surface area contributed by atoms with Crippen LogP contribution >= 0.6 is 0 Å². The summed E-state index contributed by atoms with van der Waals surface area (Å²) in [5, 5.41) is 0. The summed E-state index contributed by atoms with van der Waals surface area (Å²) in [4.78, 5) is 4.40. The van der Waals surface area contributed by atoms with Gasteiger partial charge in [0.2, 0.25) is 0 Å². The number of nitrogens with two attached hydrogens (primary N) is 1. The molecule has 0 aliphatic heterocycles. The van der Waals surface area contributed by atoms with Crippen LogP contribution in [0.2, 0.25) is 0 Å². The minimum absolute atomic E-state index is 0.00892. The molecule has 15 heavy (non-hydrogen) atoms. The van der Waals surface area contributed by atoms with E-state index in [0.29, 0.717) is 0 Å². The first-order valence-electron chi connectivity index (χ1n) is 4.36. The Morgan fingerprint density at radius 3 is 2.33 bits per heavy atom. The molecule has 0 saturated heterocycles. The zero-order valence-electron chi connectivity index (χ0n) is 8.48. The fourth-order valence-electron chi connectivity index (χ4n) is 1.33. The summed E-state index contributed by atoms with van der Waals surface area (Å²) < 4.78 is 39.0. The smallest absolute Gasteiger partial charge is 0.194 e. The van der Waals surface area contributed by atoms with Gasteiger partial charge in [0.25, 0.3) is 0 Å². The van der Waals surface area contributed by atoms with Crippen molar-refractivity contribution in [3.05, 3.63) is 35.1 Å². The van der Waals surface area contributed by atoms with Crippen molar-refractivity contribution in [3.8, 4) is 0 Å². The van der Waals surface area contributed by atoms with Crippen LogP contribution in [-0.4, -0.2) is 6.61 Å². The lowest BCUT2D eigenvalue weighted by Crippen LogP contribution is -2.28. The van der Waals surface area contributed by atoms with Crippen molar-refractivity contribution >= 4 is 0 Å². The van der Waals surface area contributed by atoms with E-state index in [1.165, 1.54) is 6.07 Å². The van der Waals surface area contributed by atoms with E-state index in [0.717, 1.165) is 6.07 Å². The first kappa shape index (κ1) is 12.0. The van der Waals surface area contributed by atoms with E-state index in [1.807, 2.05) is 0 Å². The minimum atomic E-state index is -1.47. The summed E-state index contributed by atoms with van der Waals surface area (Å²) in [6.45, 7) is 3.25. The molecule has 0 saturated carbocycles. The Labute approximate surface area is 85.8 Å². The van der Waals surface area contributed by atoms with Gasteiger partial charge in [-0.2, -0.15) is 0 Å². The van der Waals surface area contributed by atoms with Crippen LogP contribution in [-0.2, 0) is 10.3 Å². The van der Waals surface area contributed by atoms with Gasteiger partial charge in [-0.3, -0.25) is 0 Å². The van der Waals surface area contributed by atoms with E-state index in [2.05, 4.69) is 4.84 Å².